The van der Waals surface area contributed by atoms with Crippen LogP contribution in [0.5, 0.6) is 0 Å². The summed E-state index contributed by atoms with van der Waals surface area (Å²) in [6.45, 7) is 0. The molecule has 1 saturated carbocycles. The van der Waals surface area contributed by atoms with Gasteiger partial charge in [-0.3, -0.25) is 0 Å². The second-order valence-corrected chi connectivity index (χ2v) is 3.46. The Balaban J connectivity index is 2.81. The van der Waals surface area contributed by atoms with Crippen molar-refractivity contribution in [1.82, 2.24) is 9.41 Å². The van der Waals surface area contributed by atoms with E-state index in [-0.39, 0.29) is 6.42 Å². The van der Waals surface area contributed by atoms with Crippen LogP contribution in [-0.4, -0.2) is 28.2 Å². The van der Waals surface area contributed by atoms with Crippen molar-refractivity contribution in [3.05, 3.63) is 0 Å². The van der Waals surface area contributed by atoms with E-state index >= 15 is 0 Å². The molecule has 0 radical (unpaired) electrons. The molecule has 0 saturated heterocycles. The molecule has 7 heteroatoms. The first-order valence-corrected chi connectivity index (χ1v) is 4.74. The van der Waals surface area contributed by atoms with Crippen molar-refractivity contribution >= 4 is 11.9 Å². The molecule has 1 aliphatic rings. The average Bonchev–Trinajstić information content (AvgIpc) is 1.97. The van der Waals surface area contributed by atoms with Crippen LogP contribution in [0, 0.1) is 5.41 Å². The number of aliphatic carboxylic acids is 2. The fraction of sp³-hybridized carbons (Fsp3) is 0.667. The minimum atomic E-state index is -1.65. The summed E-state index contributed by atoms with van der Waals surface area (Å²) in [6.07, 6.45) is 0.725. The normalized spacial score (nSPS) is 24.9. The van der Waals surface area contributed by atoms with Gasteiger partial charge in [-0.1, -0.05) is 0 Å². The van der Waals surface area contributed by atoms with Crippen LogP contribution in [0.25, 0.3) is 0 Å². The van der Waals surface area contributed by atoms with Gasteiger partial charge in [0.1, 0.15) is 0 Å². The number of carbonyl (C=O) groups is 2. The molecule has 0 bridgehead atoms. The number of nitrogens with one attached hydrogen (secondary N) is 2. The summed E-state index contributed by atoms with van der Waals surface area (Å²) < 4.78 is 2.53. The molecule has 1 aliphatic carbocycles. The van der Waals surface area contributed by atoms with Crippen molar-refractivity contribution in [3.63, 3.8) is 0 Å². The van der Waals surface area contributed by atoms with Gasteiger partial charge < -0.3 is 0 Å². The fourth-order valence-electron chi connectivity index (χ4n) is 1.43. The topological polar surface area (TPSA) is 98.7 Å². The van der Waals surface area contributed by atoms with Gasteiger partial charge in [-0.05, 0) is 0 Å². The Morgan fingerprint density at radius 2 is 1.92 bits per heavy atom. The molecule has 0 aromatic rings. The van der Waals surface area contributed by atoms with Crippen molar-refractivity contribution < 1.29 is 39.9 Å². The molecule has 0 aromatic carbocycles. The molecule has 0 heterocycles. The first-order chi connectivity index (χ1) is 6.05. The zero-order valence-corrected chi connectivity index (χ0v) is 8.79. The molecule has 6 nitrogen and oxygen atoms in total. The van der Waals surface area contributed by atoms with Crippen LogP contribution in [0.3, 0.4) is 0 Å². The summed E-state index contributed by atoms with van der Waals surface area (Å²) in [5.74, 6) is -2.56. The van der Waals surface area contributed by atoms with Gasteiger partial charge in [0.05, 0.1) is 0 Å². The molecule has 77 valence electrons. The molecule has 13 heavy (non-hydrogen) atoms. The molecule has 0 aromatic heterocycles. The standard InChI is InChI=1S/C6H9N2O4.Pt/c7-8-3-1-2-6(3,4(9)10)5(11)12;/h3,7-8H,1-2H2,(H,9,10)(H,11,12);/q-1;+1. The summed E-state index contributed by atoms with van der Waals surface area (Å²) in [5, 5.41) is 17.6. The van der Waals surface area contributed by atoms with E-state index in [2.05, 4.69) is 9.41 Å². The Labute approximate surface area is 85.9 Å². The quantitative estimate of drug-likeness (QED) is 0.370. The summed E-state index contributed by atoms with van der Waals surface area (Å²) in [6, 6.07) is -0.542. The van der Waals surface area contributed by atoms with Crippen LogP contribution in [-0.2, 0) is 29.7 Å². The number of carboxylic acids is 2. The Hall–Kier alpha value is -0.452. The van der Waals surface area contributed by atoms with Crippen LogP contribution in [0.2, 0.25) is 0 Å². The van der Waals surface area contributed by atoms with Crippen molar-refractivity contribution in [2.75, 3.05) is 0 Å². The van der Waals surface area contributed by atoms with Gasteiger partial charge in [0.25, 0.3) is 0 Å². The number of hydrogen-bond donors (Lipinski definition) is 4. The predicted octanol–water partition coefficient (Wildman–Crippen LogP) is -1.14. The summed E-state index contributed by atoms with van der Waals surface area (Å²) in [7, 11) is 0. The first kappa shape index (κ1) is 10.6. The van der Waals surface area contributed by atoms with Gasteiger partial charge in [0.2, 0.25) is 0 Å². The Morgan fingerprint density at radius 3 is 2.15 bits per heavy atom. The number of hydrazine groups is 1. The minimum absolute atomic E-state index is 0.175. The van der Waals surface area contributed by atoms with Crippen LogP contribution in [0.1, 0.15) is 12.8 Å². The molecule has 1 unspecified atom stereocenters. The van der Waals surface area contributed by atoms with Crippen LogP contribution in [0.4, 0.5) is 0 Å². The van der Waals surface area contributed by atoms with Gasteiger partial charge in [-0.15, -0.1) is 0 Å². The molecule has 1 rings (SSSR count). The molecule has 4 N–H and O–H groups in total. The predicted molar refractivity (Wildman–Crippen MR) is 37.0 cm³/mol. The third kappa shape index (κ3) is 1.49. The second kappa shape index (κ2) is 3.73. The Bertz CT molecular complexity index is 231. The monoisotopic (exact) mass is 368 g/mol. The van der Waals surface area contributed by atoms with E-state index < -0.39 is 23.4 Å². The summed E-state index contributed by atoms with van der Waals surface area (Å²) in [4.78, 5) is 21.6. The van der Waals surface area contributed by atoms with E-state index in [1.54, 1.807) is 20.1 Å². The van der Waals surface area contributed by atoms with Crippen LogP contribution < -0.4 is 9.41 Å². The van der Waals surface area contributed by atoms with E-state index in [1.165, 1.54) is 0 Å². The molecule has 0 spiro atoms. The number of hydrogen-bond acceptors (Lipinski definition) is 4. The molecule has 1 fully saturated rings. The Kier molecular flexibility index (Phi) is 3.05. The summed E-state index contributed by atoms with van der Waals surface area (Å²) in [5.41, 5.74) is 0.957. The molecule has 0 amide bonds. The first-order valence-electron chi connectivity index (χ1n) is 3.60. The molecule has 0 aliphatic heterocycles. The van der Waals surface area contributed by atoms with E-state index in [1.807, 2.05) is 0 Å². The average molecular weight is 368 g/mol. The molecular weight excluding hydrogens is 359 g/mol. The van der Waals surface area contributed by atoms with Gasteiger partial charge in [-0.2, -0.15) is 0 Å². The Morgan fingerprint density at radius 1 is 1.38 bits per heavy atom. The van der Waals surface area contributed by atoms with Gasteiger partial charge in [-0.25, -0.2) is 0 Å². The van der Waals surface area contributed by atoms with Crippen molar-refractivity contribution in [3.8, 4) is 0 Å². The third-order valence-corrected chi connectivity index (χ3v) is 2.73. The summed E-state index contributed by atoms with van der Waals surface area (Å²) >= 11 is 1.76. The maximum absolute atomic E-state index is 10.8. The van der Waals surface area contributed by atoms with Gasteiger partial charge >= 0.3 is 85.5 Å². The van der Waals surface area contributed by atoms with Crippen LogP contribution >= 0.6 is 0 Å². The zero-order valence-electron chi connectivity index (χ0n) is 6.52. The van der Waals surface area contributed by atoms with E-state index in [0.717, 1.165) is 0 Å². The van der Waals surface area contributed by atoms with Crippen molar-refractivity contribution in [2.24, 2.45) is 5.41 Å². The van der Waals surface area contributed by atoms with E-state index in [0.29, 0.717) is 6.42 Å². The fourth-order valence-corrected chi connectivity index (χ4v) is 1.83. The van der Waals surface area contributed by atoms with Gasteiger partial charge in [0.15, 0.2) is 0 Å². The number of rotatable bonds is 4. The third-order valence-electron chi connectivity index (χ3n) is 2.41. The molecule has 1 atom stereocenters. The van der Waals surface area contributed by atoms with Crippen molar-refractivity contribution in [2.45, 2.75) is 18.9 Å². The van der Waals surface area contributed by atoms with Gasteiger partial charge in [0, 0.05) is 0 Å². The second-order valence-electron chi connectivity index (χ2n) is 2.90. The van der Waals surface area contributed by atoms with Crippen LogP contribution in [0.15, 0.2) is 0 Å². The zero-order chi connectivity index (χ0) is 10.1. The van der Waals surface area contributed by atoms with E-state index in [4.69, 9.17) is 10.2 Å². The molecular formula is C6H9N2O4Pt. The number of carboxylic acid groups (broad SMARTS) is 2. The van der Waals surface area contributed by atoms with Crippen molar-refractivity contribution in [1.29, 1.82) is 0 Å². The SMILES string of the molecule is O=C(O)C1(C(=O)O)CCC1N[NH][Pt]. The maximum atomic E-state index is 10.8. The van der Waals surface area contributed by atoms with E-state index in [9.17, 15) is 9.59 Å².